The first kappa shape index (κ1) is 15.3. The molecule has 0 unspecified atom stereocenters. The molecule has 0 amide bonds. The molecule has 5 heteroatoms. The zero-order valence-corrected chi connectivity index (χ0v) is 13.6. The second kappa shape index (κ2) is 6.28. The highest BCUT2D eigenvalue weighted by molar-refractivity contribution is 6.11. The summed E-state index contributed by atoms with van der Waals surface area (Å²) in [7, 11) is 1.64. The smallest absolute Gasteiger partial charge is 0.357 e. The van der Waals surface area contributed by atoms with Gasteiger partial charge in [0.2, 0.25) is 0 Å². The molecule has 0 aliphatic rings. The monoisotopic (exact) mass is 312 g/mol. The number of nitrogens with zero attached hydrogens (tertiary/aromatic N) is 1. The molecular weight excluding hydrogens is 292 g/mol. The quantitative estimate of drug-likeness (QED) is 0.727. The van der Waals surface area contributed by atoms with Crippen LogP contribution in [0.15, 0.2) is 24.4 Å². The minimum absolute atomic E-state index is 0.358. The van der Waals surface area contributed by atoms with Gasteiger partial charge < -0.3 is 14.5 Å². The molecule has 0 fully saturated rings. The number of ether oxygens (including phenoxy) is 2. The number of fused-ring (bicyclic) bond motifs is 3. The summed E-state index contributed by atoms with van der Waals surface area (Å²) in [6, 6.07) is 5.87. The predicted octanol–water partition coefficient (Wildman–Crippen LogP) is 3.85. The lowest BCUT2D eigenvalue weighted by atomic mass is 10.0. The molecule has 3 aromatic rings. The largest absolute Gasteiger partial charge is 0.497 e. The van der Waals surface area contributed by atoms with Crippen molar-refractivity contribution in [1.29, 1.82) is 0 Å². The van der Waals surface area contributed by atoms with Gasteiger partial charge in [0.15, 0.2) is 5.69 Å². The molecule has 0 aliphatic carbocycles. The van der Waals surface area contributed by atoms with Gasteiger partial charge >= 0.3 is 5.97 Å². The number of benzene rings is 1. The predicted molar refractivity (Wildman–Crippen MR) is 90.1 cm³/mol. The Labute approximate surface area is 134 Å². The standard InChI is InChI=1S/C18H20N2O3/c1-4-8-23-18(21)17-12(5-2)16-13-9-11(22-3)6-7-14(13)20-15(16)10-19-17/h6-7,9-10,20H,4-5,8H2,1-3H3. The summed E-state index contributed by atoms with van der Waals surface area (Å²) in [6.07, 6.45) is 3.19. The van der Waals surface area contributed by atoms with Gasteiger partial charge in [-0.05, 0) is 36.6 Å². The molecule has 2 heterocycles. The van der Waals surface area contributed by atoms with Crippen molar-refractivity contribution in [3.8, 4) is 5.75 Å². The topological polar surface area (TPSA) is 64.2 Å². The minimum Gasteiger partial charge on any atom is -0.497 e. The van der Waals surface area contributed by atoms with Crippen molar-refractivity contribution in [3.63, 3.8) is 0 Å². The van der Waals surface area contributed by atoms with Gasteiger partial charge in [0, 0.05) is 16.3 Å². The molecule has 0 spiro atoms. The number of rotatable bonds is 5. The Hall–Kier alpha value is -2.56. The highest BCUT2D eigenvalue weighted by Crippen LogP contribution is 2.32. The maximum Gasteiger partial charge on any atom is 0.357 e. The van der Waals surface area contributed by atoms with Crippen molar-refractivity contribution < 1.29 is 14.3 Å². The Morgan fingerprint density at radius 3 is 2.78 bits per heavy atom. The summed E-state index contributed by atoms with van der Waals surface area (Å²) in [5.41, 5.74) is 3.22. The van der Waals surface area contributed by atoms with Gasteiger partial charge in [-0.15, -0.1) is 0 Å². The fourth-order valence-corrected chi connectivity index (χ4v) is 2.85. The fourth-order valence-electron chi connectivity index (χ4n) is 2.85. The lowest BCUT2D eigenvalue weighted by Gasteiger charge is -2.08. The van der Waals surface area contributed by atoms with Crippen LogP contribution in [0, 0.1) is 0 Å². The van der Waals surface area contributed by atoms with Gasteiger partial charge in [0.1, 0.15) is 5.75 Å². The van der Waals surface area contributed by atoms with Crippen molar-refractivity contribution in [2.75, 3.05) is 13.7 Å². The van der Waals surface area contributed by atoms with Crippen LogP contribution in [0.4, 0.5) is 0 Å². The van der Waals surface area contributed by atoms with Gasteiger partial charge in [-0.25, -0.2) is 9.78 Å². The Bertz CT molecular complexity index is 867. The van der Waals surface area contributed by atoms with Crippen LogP contribution in [-0.4, -0.2) is 29.7 Å². The average Bonchev–Trinajstić information content (AvgIpc) is 2.96. The number of aromatic nitrogens is 2. The first-order chi connectivity index (χ1) is 11.2. The van der Waals surface area contributed by atoms with E-state index in [4.69, 9.17) is 9.47 Å². The molecule has 0 bridgehead atoms. The third kappa shape index (κ3) is 2.63. The number of carbonyl (C=O) groups is 1. The first-order valence-electron chi connectivity index (χ1n) is 7.84. The molecular formula is C18H20N2O3. The van der Waals surface area contributed by atoms with Gasteiger partial charge in [-0.3, -0.25) is 0 Å². The SMILES string of the molecule is CCCOC(=O)c1ncc2[nH]c3ccc(OC)cc3c2c1CC. The van der Waals surface area contributed by atoms with E-state index in [1.807, 2.05) is 32.0 Å². The van der Waals surface area contributed by atoms with Gasteiger partial charge in [-0.1, -0.05) is 13.8 Å². The van der Waals surface area contributed by atoms with Crippen LogP contribution >= 0.6 is 0 Å². The number of carbonyl (C=O) groups excluding carboxylic acids is 1. The number of aromatic amines is 1. The molecule has 0 aliphatic heterocycles. The van der Waals surface area contributed by atoms with Gasteiger partial charge in [-0.2, -0.15) is 0 Å². The molecule has 2 aromatic heterocycles. The molecule has 0 saturated heterocycles. The van der Waals surface area contributed by atoms with Crippen LogP contribution in [0.3, 0.4) is 0 Å². The molecule has 1 aromatic carbocycles. The lowest BCUT2D eigenvalue weighted by molar-refractivity contribution is 0.0497. The van der Waals surface area contributed by atoms with Crippen LogP contribution < -0.4 is 4.74 Å². The third-order valence-electron chi connectivity index (χ3n) is 3.93. The number of hydrogen-bond acceptors (Lipinski definition) is 4. The van der Waals surface area contributed by atoms with E-state index >= 15 is 0 Å². The van der Waals surface area contributed by atoms with Crippen molar-refractivity contribution in [2.24, 2.45) is 0 Å². The van der Waals surface area contributed by atoms with E-state index in [2.05, 4.69) is 9.97 Å². The van der Waals surface area contributed by atoms with Gasteiger partial charge in [0.25, 0.3) is 0 Å². The normalized spacial score (nSPS) is 11.1. The first-order valence-corrected chi connectivity index (χ1v) is 7.84. The van der Waals surface area contributed by atoms with E-state index in [1.165, 1.54) is 0 Å². The average molecular weight is 312 g/mol. The highest BCUT2D eigenvalue weighted by Gasteiger charge is 2.19. The summed E-state index contributed by atoms with van der Waals surface area (Å²) in [5, 5.41) is 2.04. The molecule has 0 saturated carbocycles. The summed E-state index contributed by atoms with van der Waals surface area (Å²) in [5.74, 6) is 0.426. The molecule has 120 valence electrons. The Morgan fingerprint density at radius 1 is 1.26 bits per heavy atom. The van der Waals surface area contributed by atoms with E-state index in [0.717, 1.165) is 39.5 Å². The van der Waals surface area contributed by atoms with Crippen LogP contribution in [0.25, 0.3) is 21.8 Å². The number of esters is 1. The van der Waals surface area contributed by atoms with Crippen LogP contribution in [0.2, 0.25) is 0 Å². The third-order valence-corrected chi connectivity index (χ3v) is 3.93. The number of nitrogens with one attached hydrogen (secondary N) is 1. The maximum atomic E-state index is 12.3. The van der Waals surface area contributed by atoms with E-state index in [-0.39, 0.29) is 5.97 Å². The number of methoxy groups -OCH3 is 1. The van der Waals surface area contributed by atoms with Crippen LogP contribution in [0.5, 0.6) is 5.75 Å². The van der Waals surface area contributed by atoms with Gasteiger partial charge in [0.05, 0.1) is 25.4 Å². The minimum atomic E-state index is -0.358. The van der Waals surface area contributed by atoms with E-state index in [0.29, 0.717) is 18.7 Å². The molecule has 5 nitrogen and oxygen atoms in total. The zero-order chi connectivity index (χ0) is 16.4. The number of pyridine rings is 1. The van der Waals surface area contributed by atoms with E-state index in [1.54, 1.807) is 13.3 Å². The fraction of sp³-hybridized carbons (Fsp3) is 0.333. The summed E-state index contributed by atoms with van der Waals surface area (Å²) in [6.45, 7) is 4.39. The Morgan fingerprint density at radius 2 is 2.09 bits per heavy atom. The number of aryl methyl sites for hydroxylation is 1. The molecule has 23 heavy (non-hydrogen) atoms. The van der Waals surface area contributed by atoms with Crippen molar-refractivity contribution in [2.45, 2.75) is 26.7 Å². The van der Waals surface area contributed by atoms with Crippen molar-refractivity contribution >= 4 is 27.8 Å². The maximum absolute atomic E-state index is 12.3. The zero-order valence-electron chi connectivity index (χ0n) is 13.6. The second-order valence-corrected chi connectivity index (χ2v) is 5.40. The second-order valence-electron chi connectivity index (χ2n) is 5.40. The van der Waals surface area contributed by atoms with E-state index in [9.17, 15) is 4.79 Å². The lowest BCUT2D eigenvalue weighted by Crippen LogP contribution is -2.11. The summed E-state index contributed by atoms with van der Waals surface area (Å²) >= 11 is 0. The molecule has 3 rings (SSSR count). The molecule has 1 N–H and O–H groups in total. The van der Waals surface area contributed by atoms with Crippen molar-refractivity contribution in [3.05, 3.63) is 35.7 Å². The van der Waals surface area contributed by atoms with Crippen LogP contribution in [0.1, 0.15) is 36.3 Å². The van der Waals surface area contributed by atoms with Crippen molar-refractivity contribution in [1.82, 2.24) is 9.97 Å². The number of H-pyrrole nitrogens is 1. The molecule has 0 atom stereocenters. The Kier molecular flexibility index (Phi) is 4.19. The Balaban J connectivity index is 2.24. The van der Waals surface area contributed by atoms with Crippen LogP contribution in [-0.2, 0) is 11.2 Å². The number of hydrogen-bond donors (Lipinski definition) is 1. The molecule has 0 radical (unpaired) electrons. The summed E-state index contributed by atoms with van der Waals surface area (Å²) in [4.78, 5) is 20.0. The highest BCUT2D eigenvalue weighted by atomic mass is 16.5. The summed E-state index contributed by atoms with van der Waals surface area (Å²) < 4.78 is 10.6. The van der Waals surface area contributed by atoms with E-state index < -0.39 is 0 Å².